The second kappa shape index (κ2) is 29.9. The van der Waals surface area contributed by atoms with Crippen molar-refractivity contribution in [1.82, 2.24) is 0 Å². The normalized spacial score (nSPS) is 0. The van der Waals surface area contributed by atoms with E-state index in [0.29, 0.717) is 0 Å². The van der Waals surface area contributed by atoms with Crippen LogP contribution in [0.5, 0.6) is 0 Å². The van der Waals surface area contributed by atoms with Crippen LogP contribution in [0, 0.1) is 0 Å². The molecule has 0 unspecified atom stereocenters. The van der Waals surface area contributed by atoms with E-state index in [0.717, 1.165) is 0 Å². The Morgan fingerprint density at radius 2 is 1.00 bits per heavy atom. The molecule has 5 heteroatoms. The Morgan fingerprint density at radius 3 is 1.00 bits per heavy atom. The molecule has 0 saturated heterocycles. The van der Waals surface area contributed by atoms with Crippen molar-refractivity contribution in [2.45, 2.75) is 0 Å². The standard InChI is InChI=1S/Cr.Cu.Fe.Ni.Zn. The molecule has 0 rings (SSSR count). The molecule has 0 saturated carbocycles. The minimum absolute atomic E-state index is 0. The predicted molar refractivity (Wildman–Crippen MR) is 0 cm³/mol. The van der Waals surface area contributed by atoms with Gasteiger partial charge in [-0.2, -0.15) is 0 Å². The molecule has 0 nitrogen and oxygen atoms in total. The predicted octanol–water partition coefficient (Wildman–Crippen LogP) is -0.0125. The molecule has 0 bridgehead atoms. The van der Waals surface area contributed by atoms with Gasteiger partial charge in [-0.25, -0.2) is 0 Å². The summed E-state index contributed by atoms with van der Waals surface area (Å²) in [6.07, 6.45) is 0. The third-order valence-electron chi connectivity index (χ3n) is 0. The van der Waals surface area contributed by atoms with E-state index in [-0.39, 0.29) is 87.5 Å². The van der Waals surface area contributed by atoms with E-state index in [1.54, 1.807) is 0 Å². The zero-order chi connectivity index (χ0) is 0. The van der Waals surface area contributed by atoms with Crippen molar-refractivity contribution < 1.29 is 87.5 Å². The van der Waals surface area contributed by atoms with Gasteiger partial charge in [0, 0.05) is 87.5 Å². The van der Waals surface area contributed by atoms with Crippen molar-refractivity contribution >= 4 is 0 Å². The Morgan fingerprint density at radius 1 is 1.00 bits per heavy atom. The molecule has 0 aromatic rings. The molecule has 0 spiro atoms. The fourth-order valence-corrected chi connectivity index (χ4v) is 0. The van der Waals surface area contributed by atoms with Gasteiger partial charge in [-0.1, -0.05) is 0 Å². The first-order chi connectivity index (χ1) is 0. The number of hydrogen-bond donors (Lipinski definition) is 0. The quantitative estimate of drug-likeness (QED) is 0.552. The van der Waals surface area contributed by atoms with Gasteiger partial charge in [0.05, 0.1) is 0 Å². The number of hydrogen-bond acceptors (Lipinski definition) is 0. The van der Waals surface area contributed by atoms with Crippen LogP contribution in [-0.2, 0) is 87.5 Å². The Hall–Kier alpha value is 2.69. The van der Waals surface area contributed by atoms with Gasteiger partial charge in [-0.15, -0.1) is 0 Å². The first-order valence-corrected chi connectivity index (χ1v) is 0. The monoisotopic (exact) mass is 293 g/mol. The zero-order valence-corrected chi connectivity index (χ0v) is 9.36. The maximum atomic E-state index is 0. The molecular weight excluding hydrogens is 295 g/mol. The topological polar surface area (TPSA) is 0 Å². The summed E-state index contributed by atoms with van der Waals surface area (Å²) in [7, 11) is 0. The summed E-state index contributed by atoms with van der Waals surface area (Å²) in [5.74, 6) is 0. The summed E-state index contributed by atoms with van der Waals surface area (Å²) in [6.45, 7) is 0. The molecule has 0 atom stereocenters. The largest absolute Gasteiger partial charge is 0 e. The van der Waals surface area contributed by atoms with Gasteiger partial charge in [0.1, 0.15) is 0 Å². The van der Waals surface area contributed by atoms with Crippen LogP contribution in [0.4, 0.5) is 0 Å². The molecule has 0 amide bonds. The third kappa shape index (κ3) is 20.3. The van der Waals surface area contributed by atoms with Crippen LogP contribution in [0.1, 0.15) is 0 Å². The van der Waals surface area contributed by atoms with Crippen LogP contribution in [0.25, 0.3) is 0 Å². The molecule has 0 heterocycles. The van der Waals surface area contributed by atoms with Crippen molar-refractivity contribution in [3.05, 3.63) is 0 Å². The summed E-state index contributed by atoms with van der Waals surface area (Å²) in [4.78, 5) is 0. The van der Waals surface area contributed by atoms with E-state index in [1.807, 2.05) is 0 Å². The smallest absolute Gasteiger partial charge is 0 e. The van der Waals surface area contributed by atoms with E-state index in [9.17, 15) is 0 Å². The fourth-order valence-electron chi connectivity index (χ4n) is 0. The second-order valence-electron chi connectivity index (χ2n) is 0. The van der Waals surface area contributed by atoms with E-state index in [1.165, 1.54) is 0 Å². The van der Waals surface area contributed by atoms with Gasteiger partial charge < -0.3 is 0 Å². The van der Waals surface area contributed by atoms with Gasteiger partial charge in [0.25, 0.3) is 0 Å². The van der Waals surface area contributed by atoms with Crippen LogP contribution >= 0.6 is 0 Å². The van der Waals surface area contributed by atoms with Crippen molar-refractivity contribution in [2.24, 2.45) is 0 Å². The molecule has 5 heavy (non-hydrogen) atoms. The molecule has 0 aliphatic rings. The van der Waals surface area contributed by atoms with E-state index >= 15 is 0 Å². The van der Waals surface area contributed by atoms with E-state index in [4.69, 9.17) is 0 Å². The zero-order valence-electron chi connectivity index (χ0n) is 2.09. The Kier molecular flexibility index (Phi) is 285. The van der Waals surface area contributed by atoms with Gasteiger partial charge in [-0.3, -0.25) is 0 Å². The second-order valence-corrected chi connectivity index (χ2v) is 0. The van der Waals surface area contributed by atoms with Gasteiger partial charge >= 0.3 is 0 Å². The van der Waals surface area contributed by atoms with Crippen LogP contribution < -0.4 is 0 Å². The van der Waals surface area contributed by atoms with Gasteiger partial charge in [0.15, 0.2) is 0 Å². The van der Waals surface area contributed by atoms with Crippen molar-refractivity contribution in [1.29, 1.82) is 0 Å². The summed E-state index contributed by atoms with van der Waals surface area (Å²) < 4.78 is 0. The molecular formula is CrCuFeNiZn. The molecule has 1 radical (unpaired) electrons. The van der Waals surface area contributed by atoms with E-state index in [2.05, 4.69) is 0 Å². The maximum absolute atomic E-state index is 0. The third-order valence-corrected chi connectivity index (χ3v) is 0. The van der Waals surface area contributed by atoms with Crippen molar-refractivity contribution in [3.63, 3.8) is 0 Å². The first kappa shape index (κ1) is 47.6. The Balaban J connectivity index is 0. The maximum Gasteiger partial charge on any atom is 0 e. The van der Waals surface area contributed by atoms with Crippen LogP contribution in [0.15, 0.2) is 0 Å². The molecule has 0 N–H and O–H groups in total. The number of rotatable bonds is 0. The molecule has 0 aromatic carbocycles. The Labute approximate surface area is 86.4 Å². The summed E-state index contributed by atoms with van der Waals surface area (Å²) in [5, 5.41) is 0. The minimum atomic E-state index is 0. The van der Waals surface area contributed by atoms with Crippen LogP contribution in [0.3, 0.4) is 0 Å². The molecule has 0 aromatic heterocycles. The van der Waals surface area contributed by atoms with Crippen molar-refractivity contribution in [3.8, 4) is 0 Å². The van der Waals surface area contributed by atoms with Crippen molar-refractivity contribution in [2.75, 3.05) is 0 Å². The fraction of sp³-hybridized carbons (Fsp3) is 0. The summed E-state index contributed by atoms with van der Waals surface area (Å²) >= 11 is 0. The Bertz CT molecular complexity index is 11.6. The van der Waals surface area contributed by atoms with E-state index < -0.39 is 0 Å². The summed E-state index contributed by atoms with van der Waals surface area (Å²) in [5.41, 5.74) is 0. The summed E-state index contributed by atoms with van der Waals surface area (Å²) in [6, 6.07) is 0. The van der Waals surface area contributed by atoms with Crippen LogP contribution in [0.2, 0.25) is 0 Å². The molecule has 0 aliphatic carbocycles. The molecule has 0 fully saturated rings. The average molecular weight is 295 g/mol. The van der Waals surface area contributed by atoms with Gasteiger partial charge in [0.2, 0.25) is 0 Å². The first-order valence-electron chi connectivity index (χ1n) is 0. The van der Waals surface area contributed by atoms with Gasteiger partial charge in [-0.05, 0) is 0 Å². The molecule has 37 valence electrons. The molecule has 0 aliphatic heterocycles. The average Bonchev–Trinajstić information content (AvgIpc) is 0. The minimum Gasteiger partial charge on any atom is 0 e. The SMILES string of the molecule is [Cr].[Cu].[Fe].[Ni].[Zn]. The van der Waals surface area contributed by atoms with Crippen LogP contribution in [-0.4, -0.2) is 0 Å².